The van der Waals surface area contributed by atoms with Crippen molar-refractivity contribution in [2.75, 3.05) is 0 Å². The third-order valence-electron chi connectivity index (χ3n) is 2.80. The van der Waals surface area contributed by atoms with E-state index in [1.807, 2.05) is 18.2 Å². The molecular formula is C14H19NO2. The number of carbonyl (C=O) groups is 1. The molecule has 0 heterocycles. The van der Waals surface area contributed by atoms with Crippen LogP contribution in [0.2, 0.25) is 0 Å². The van der Waals surface area contributed by atoms with Crippen LogP contribution in [0, 0.1) is 4.91 Å². The maximum atomic E-state index is 11.8. The van der Waals surface area contributed by atoms with Crippen LogP contribution >= 0.6 is 0 Å². The Bertz CT molecular complexity index is 348. The molecule has 0 aromatic heterocycles. The van der Waals surface area contributed by atoms with Crippen LogP contribution < -0.4 is 0 Å². The number of nitrogens with zero attached hydrogens (tertiary/aromatic N) is 1. The van der Waals surface area contributed by atoms with E-state index in [0.29, 0.717) is 12.0 Å². The zero-order valence-electron chi connectivity index (χ0n) is 10.3. The highest BCUT2D eigenvalue weighted by atomic mass is 16.3. The number of unbranched alkanes of at least 4 members (excludes halogenated alkanes) is 3. The maximum Gasteiger partial charge on any atom is 0.175 e. The van der Waals surface area contributed by atoms with Gasteiger partial charge in [-0.2, -0.15) is 0 Å². The van der Waals surface area contributed by atoms with Crippen LogP contribution in [0.15, 0.2) is 35.5 Å². The van der Waals surface area contributed by atoms with Crippen LogP contribution in [-0.4, -0.2) is 5.78 Å². The van der Waals surface area contributed by atoms with Crippen molar-refractivity contribution in [2.24, 2.45) is 5.18 Å². The first-order valence-corrected chi connectivity index (χ1v) is 6.19. The lowest BCUT2D eigenvalue weighted by atomic mass is 9.99. The standard InChI is InChI=1S/C14H19NO2/c1-2-3-4-8-11-13(16)14(15-17)12-9-6-5-7-10-12/h5-7,9-10,14H,2-4,8,11H2,1H3. The van der Waals surface area contributed by atoms with E-state index in [0.717, 1.165) is 25.7 Å². The summed E-state index contributed by atoms with van der Waals surface area (Å²) in [7, 11) is 0. The number of benzene rings is 1. The van der Waals surface area contributed by atoms with Gasteiger partial charge in [-0.25, -0.2) is 0 Å². The summed E-state index contributed by atoms with van der Waals surface area (Å²) in [5.41, 5.74) is 0.697. The minimum Gasteiger partial charge on any atom is -0.297 e. The van der Waals surface area contributed by atoms with Gasteiger partial charge in [0, 0.05) is 6.42 Å². The normalized spacial score (nSPS) is 12.1. The summed E-state index contributed by atoms with van der Waals surface area (Å²) in [6.07, 6.45) is 4.62. The minimum absolute atomic E-state index is 0.0673. The van der Waals surface area contributed by atoms with Gasteiger partial charge in [0.25, 0.3) is 0 Å². The third-order valence-corrected chi connectivity index (χ3v) is 2.80. The molecule has 92 valence electrons. The second-order valence-electron chi connectivity index (χ2n) is 4.20. The molecule has 0 fully saturated rings. The van der Waals surface area contributed by atoms with E-state index in [1.165, 1.54) is 0 Å². The molecule has 0 radical (unpaired) electrons. The smallest absolute Gasteiger partial charge is 0.175 e. The minimum atomic E-state index is -0.821. The second-order valence-corrected chi connectivity index (χ2v) is 4.20. The van der Waals surface area contributed by atoms with Crippen LogP contribution in [-0.2, 0) is 4.79 Å². The lowest BCUT2D eigenvalue weighted by Crippen LogP contribution is -2.09. The predicted octanol–water partition coefficient (Wildman–Crippen LogP) is 4.03. The van der Waals surface area contributed by atoms with Gasteiger partial charge < -0.3 is 0 Å². The molecule has 0 saturated carbocycles. The Morgan fingerprint density at radius 1 is 1.18 bits per heavy atom. The number of rotatable bonds is 8. The highest BCUT2D eigenvalue weighted by molar-refractivity contribution is 5.85. The molecule has 1 rings (SSSR count). The largest absolute Gasteiger partial charge is 0.297 e. The van der Waals surface area contributed by atoms with Crippen molar-refractivity contribution in [2.45, 2.75) is 45.1 Å². The monoisotopic (exact) mass is 233 g/mol. The Labute approximate surface area is 102 Å². The Hall–Kier alpha value is -1.51. The molecule has 0 bridgehead atoms. The molecule has 0 aliphatic rings. The first kappa shape index (κ1) is 13.6. The quantitative estimate of drug-likeness (QED) is 0.502. The highest BCUT2D eigenvalue weighted by Crippen LogP contribution is 2.20. The lowest BCUT2D eigenvalue weighted by molar-refractivity contribution is -0.120. The maximum absolute atomic E-state index is 11.8. The Kier molecular flexibility index (Phi) is 6.15. The number of nitroso groups, excluding NO2 is 1. The van der Waals surface area contributed by atoms with Crippen LogP contribution in [0.1, 0.15) is 50.6 Å². The number of carbonyl (C=O) groups excluding carboxylic acids is 1. The molecule has 1 aromatic rings. The van der Waals surface area contributed by atoms with Crippen molar-refractivity contribution >= 4 is 5.78 Å². The van der Waals surface area contributed by atoms with Crippen molar-refractivity contribution in [1.82, 2.24) is 0 Å². The molecule has 0 amide bonds. The summed E-state index contributed by atoms with van der Waals surface area (Å²) >= 11 is 0. The van der Waals surface area contributed by atoms with Gasteiger partial charge >= 0.3 is 0 Å². The molecule has 0 aliphatic carbocycles. The third kappa shape index (κ3) is 4.47. The summed E-state index contributed by atoms with van der Waals surface area (Å²) in [5, 5.41) is 2.96. The Balaban J connectivity index is 2.50. The zero-order valence-corrected chi connectivity index (χ0v) is 10.3. The first-order valence-electron chi connectivity index (χ1n) is 6.19. The van der Waals surface area contributed by atoms with Gasteiger partial charge in [-0.15, -0.1) is 4.91 Å². The van der Waals surface area contributed by atoms with E-state index in [1.54, 1.807) is 12.1 Å². The van der Waals surface area contributed by atoms with Crippen molar-refractivity contribution < 1.29 is 4.79 Å². The summed E-state index contributed by atoms with van der Waals surface area (Å²) in [5.74, 6) is -0.0673. The summed E-state index contributed by atoms with van der Waals surface area (Å²) < 4.78 is 0. The van der Waals surface area contributed by atoms with Crippen LogP contribution in [0.25, 0.3) is 0 Å². The van der Waals surface area contributed by atoms with Crippen molar-refractivity contribution in [3.8, 4) is 0 Å². The van der Waals surface area contributed by atoms with E-state index in [-0.39, 0.29) is 5.78 Å². The van der Waals surface area contributed by atoms with Crippen molar-refractivity contribution in [1.29, 1.82) is 0 Å². The average molecular weight is 233 g/mol. The van der Waals surface area contributed by atoms with Gasteiger partial charge in [-0.1, -0.05) is 61.7 Å². The average Bonchev–Trinajstić information content (AvgIpc) is 2.37. The zero-order chi connectivity index (χ0) is 12.5. The van der Waals surface area contributed by atoms with E-state index < -0.39 is 6.04 Å². The van der Waals surface area contributed by atoms with Gasteiger partial charge in [0.05, 0.1) is 0 Å². The van der Waals surface area contributed by atoms with Crippen molar-refractivity contribution in [3.63, 3.8) is 0 Å². The van der Waals surface area contributed by atoms with Gasteiger partial charge in [0.15, 0.2) is 11.8 Å². The Morgan fingerprint density at radius 3 is 2.47 bits per heavy atom. The topological polar surface area (TPSA) is 46.5 Å². The van der Waals surface area contributed by atoms with Crippen LogP contribution in [0.5, 0.6) is 0 Å². The van der Waals surface area contributed by atoms with Crippen molar-refractivity contribution in [3.05, 3.63) is 40.8 Å². The van der Waals surface area contributed by atoms with Crippen LogP contribution in [0.3, 0.4) is 0 Å². The summed E-state index contributed by atoms with van der Waals surface area (Å²) in [6.45, 7) is 2.13. The molecule has 1 unspecified atom stereocenters. The van der Waals surface area contributed by atoms with E-state index in [2.05, 4.69) is 12.1 Å². The lowest BCUT2D eigenvalue weighted by Gasteiger charge is -2.08. The second kappa shape index (κ2) is 7.71. The fraction of sp³-hybridized carbons (Fsp3) is 0.500. The number of Topliss-reactive ketones (excluding diaryl/α,β-unsaturated/α-hetero) is 1. The van der Waals surface area contributed by atoms with Gasteiger partial charge in [-0.05, 0) is 12.0 Å². The molecule has 0 aliphatic heterocycles. The fourth-order valence-corrected chi connectivity index (χ4v) is 1.80. The number of ketones is 1. The molecule has 17 heavy (non-hydrogen) atoms. The van der Waals surface area contributed by atoms with E-state index in [4.69, 9.17) is 0 Å². The predicted molar refractivity (Wildman–Crippen MR) is 68.7 cm³/mol. The summed E-state index contributed by atoms with van der Waals surface area (Å²) in [6, 6.07) is 8.22. The van der Waals surface area contributed by atoms with Crippen LogP contribution in [0.4, 0.5) is 0 Å². The first-order chi connectivity index (χ1) is 8.29. The SMILES string of the molecule is CCCCCCC(=O)C(N=O)c1ccccc1. The molecular weight excluding hydrogens is 214 g/mol. The molecule has 1 atom stereocenters. The molecule has 1 aromatic carbocycles. The molecule has 3 nitrogen and oxygen atoms in total. The van der Waals surface area contributed by atoms with E-state index in [9.17, 15) is 9.70 Å². The fourth-order valence-electron chi connectivity index (χ4n) is 1.80. The number of hydrogen-bond donors (Lipinski definition) is 0. The molecule has 0 spiro atoms. The van der Waals surface area contributed by atoms with Gasteiger partial charge in [0.1, 0.15) is 0 Å². The van der Waals surface area contributed by atoms with Gasteiger partial charge in [0.2, 0.25) is 0 Å². The summed E-state index contributed by atoms with van der Waals surface area (Å²) in [4.78, 5) is 22.6. The highest BCUT2D eigenvalue weighted by Gasteiger charge is 2.20. The van der Waals surface area contributed by atoms with Gasteiger partial charge in [-0.3, -0.25) is 4.79 Å². The molecule has 0 saturated heterocycles. The number of hydrogen-bond acceptors (Lipinski definition) is 3. The molecule has 0 N–H and O–H groups in total. The Morgan fingerprint density at radius 2 is 1.88 bits per heavy atom. The van der Waals surface area contributed by atoms with E-state index >= 15 is 0 Å². The molecule has 3 heteroatoms.